The average molecular weight is 539 g/mol. The zero-order valence-electron chi connectivity index (χ0n) is 18.5. The SMILES string of the molecule is Cc1cc(NC(=O)Cc2nc(N3C[C@@H]4[C@H](C3)[C@H]4NC(=O)c3[nH]c(C)c(Cl)c3Cl)sc2C(=O)O)on1. The van der Waals surface area contributed by atoms with Crippen LogP contribution in [0, 0.1) is 25.7 Å². The zero-order chi connectivity index (χ0) is 25.0. The van der Waals surface area contributed by atoms with Gasteiger partial charge in [-0.25, -0.2) is 9.78 Å². The van der Waals surface area contributed by atoms with Crippen molar-refractivity contribution in [3.63, 3.8) is 0 Å². The second-order valence-electron chi connectivity index (χ2n) is 8.62. The smallest absolute Gasteiger partial charge is 0.347 e. The van der Waals surface area contributed by atoms with E-state index in [0.29, 0.717) is 34.6 Å². The number of anilines is 2. The van der Waals surface area contributed by atoms with E-state index in [-0.39, 0.29) is 57.4 Å². The van der Waals surface area contributed by atoms with E-state index in [1.807, 2.05) is 4.90 Å². The number of nitrogens with zero attached hydrogens (tertiary/aromatic N) is 3. The fourth-order valence-electron chi connectivity index (χ4n) is 4.37. The molecule has 1 saturated heterocycles. The first-order chi connectivity index (χ1) is 16.6. The molecule has 3 aromatic heterocycles. The lowest BCUT2D eigenvalue weighted by atomic mass is 10.2. The summed E-state index contributed by atoms with van der Waals surface area (Å²) in [7, 11) is 0. The van der Waals surface area contributed by atoms with E-state index in [0.717, 1.165) is 11.3 Å². The number of nitrogens with one attached hydrogen (secondary N) is 3. The summed E-state index contributed by atoms with van der Waals surface area (Å²) >= 11 is 13.2. The Bertz CT molecular complexity index is 1340. The van der Waals surface area contributed by atoms with E-state index < -0.39 is 11.9 Å². The molecule has 14 heteroatoms. The summed E-state index contributed by atoms with van der Waals surface area (Å²) in [5.74, 6) is -1.30. The fraction of sp³-hybridized carbons (Fsp3) is 0.381. The van der Waals surface area contributed by atoms with Crippen LogP contribution in [0.15, 0.2) is 10.6 Å². The number of H-pyrrole nitrogens is 1. The third-order valence-corrected chi connectivity index (χ3v) is 8.24. The first-order valence-corrected chi connectivity index (χ1v) is 12.2. The van der Waals surface area contributed by atoms with Gasteiger partial charge in [0, 0.05) is 42.7 Å². The lowest BCUT2D eigenvalue weighted by molar-refractivity contribution is -0.115. The van der Waals surface area contributed by atoms with Crippen LogP contribution in [0.3, 0.4) is 0 Å². The molecule has 1 aliphatic carbocycles. The molecule has 184 valence electrons. The van der Waals surface area contributed by atoms with Crippen LogP contribution < -0.4 is 15.5 Å². The highest BCUT2D eigenvalue weighted by Gasteiger charge is 2.57. The van der Waals surface area contributed by atoms with E-state index in [1.165, 1.54) is 0 Å². The normalized spacial score (nSPS) is 20.6. The standard InChI is InChI=1S/C21H20Cl2N6O5S/c1-7-3-13(34-28-7)26-12(30)4-11-18(20(32)33)35-21(25-11)29-5-9-10(6-29)16(9)27-19(31)17-15(23)14(22)8(2)24-17/h3,9-10,16,24H,4-6H2,1-2H3,(H,26,30)(H,27,31)(H,32,33)/t9-,10+,16+. The number of aromatic carboxylic acids is 1. The van der Waals surface area contributed by atoms with E-state index in [2.05, 4.69) is 25.8 Å². The molecule has 1 aliphatic heterocycles. The van der Waals surface area contributed by atoms with Crippen molar-refractivity contribution >= 4 is 63.3 Å². The molecule has 1 saturated carbocycles. The number of carbonyl (C=O) groups excluding carboxylic acids is 2. The van der Waals surface area contributed by atoms with Gasteiger partial charge in [0.2, 0.25) is 11.8 Å². The Balaban J connectivity index is 1.21. The molecule has 0 unspecified atom stereocenters. The Morgan fingerprint density at radius 3 is 2.54 bits per heavy atom. The molecule has 0 bridgehead atoms. The van der Waals surface area contributed by atoms with Crippen LogP contribution in [0.25, 0.3) is 0 Å². The maximum atomic E-state index is 12.6. The molecular weight excluding hydrogens is 519 g/mol. The number of rotatable bonds is 7. The van der Waals surface area contributed by atoms with Crippen molar-refractivity contribution in [3.8, 4) is 0 Å². The van der Waals surface area contributed by atoms with Gasteiger partial charge in [-0.3, -0.25) is 14.9 Å². The van der Waals surface area contributed by atoms with Crippen LogP contribution in [0.1, 0.15) is 37.2 Å². The molecule has 4 N–H and O–H groups in total. The number of hydrogen-bond donors (Lipinski definition) is 4. The molecule has 3 atom stereocenters. The molecule has 0 aromatic carbocycles. The van der Waals surface area contributed by atoms with Gasteiger partial charge >= 0.3 is 5.97 Å². The van der Waals surface area contributed by atoms with Gasteiger partial charge in [-0.15, -0.1) is 0 Å². The number of aromatic nitrogens is 3. The lowest BCUT2D eigenvalue weighted by Crippen LogP contribution is -2.34. The Kier molecular flexibility index (Phi) is 5.98. The minimum Gasteiger partial charge on any atom is -0.477 e. The first kappa shape index (κ1) is 23.6. The van der Waals surface area contributed by atoms with Crippen molar-refractivity contribution in [3.05, 3.63) is 43.8 Å². The van der Waals surface area contributed by atoms with Gasteiger partial charge in [0.05, 0.1) is 27.9 Å². The number of piperidine rings is 1. The summed E-state index contributed by atoms with van der Waals surface area (Å²) in [5.41, 5.74) is 1.66. The summed E-state index contributed by atoms with van der Waals surface area (Å²) in [4.78, 5) is 46.1. The molecule has 0 spiro atoms. The number of aromatic amines is 1. The van der Waals surface area contributed by atoms with Crippen LogP contribution >= 0.6 is 34.5 Å². The number of aryl methyl sites for hydroxylation is 2. The second kappa shape index (κ2) is 8.85. The molecule has 3 aromatic rings. The predicted molar refractivity (Wildman–Crippen MR) is 129 cm³/mol. The summed E-state index contributed by atoms with van der Waals surface area (Å²) in [6.07, 6.45) is -0.212. The Morgan fingerprint density at radius 1 is 1.26 bits per heavy atom. The maximum Gasteiger partial charge on any atom is 0.347 e. The van der Waals surface area contributed by atoms with Crippen LogP contribution in [-0.2, 0) is 11.2 Å². The molecular formula is C21H20Cl2N6O5S. The molecule has 35 heavy (non-hydrogen) atoms. The number of carboxylic acids is 1. The van der Waals surface area contributed by atoms with Crippen molar-refractivity contribution in [1.29, 1.82) is 0 Å². The lowest BCUT2D eigenvalue weighted by Gasteiger charge is -2.19. The van der Waals surface area contributed by atoms with Gasteiger partial charge in [0.15, 0.2) is 5.13 Å². The van der Waals surface area contributed by atoms with E-state index >= 15 is 0 Å². The topological polar surface area (TPSA) is 153 Å². The van der Waals surface area contributed by atoms with Gasteiger partial charge in [-0.1, -0.05) is 39.7 Å². The molecule has 0 radical (unpaired) electrons. The van der Waals surface area contributed by atoms with Gasteiger partial charge in [-0.05, 0) is 13.8 Å². The molecule has 11 nitrogen and oxygen atoms in total. The molecule has 4 heterocycles. The van der Waals surface area contributed by atoms with Crippen LogP contribution in [0.4, 0.5) is 11.0 Å². The minimum atomic E-state index is -1.14. The third kappa shape index (κ3) is 4.48. The van der Waals surface area contributed by atoms with Crippen molar-refractivity contribution in [2.45, 2.75) is 26.3 Å². The van der Waals surface area contributed by atoms with E-state index in [1.54, 1.807) is 19.9 Å². The number of carboxylic acid groups (broad SMARTS) is 1. The van der Waals surface area contributed by atoms with Crippen LogP contribution in [0.5, 0.6) is 0 Å². The highest BCUT2D eigenvalue weighted by molar-refractivity contribution is 7.17. The van der Waals surface area contributed by atoms with Crippen LogP contribution in [0.2, 0.25) is 10.0 Å². The highest BCUT2D eigenvalue weighted by atomic mass is 35.5. The molecule has 2 amide bonds. The summed E-state index contributed by atoms with van der Waals surface area (Å²) < 4.78 is 4.96. The quantitative estimate of drug-likeness (QED) is 0.357. The Hall–Kier alpha value is -3.09. The Labute approximate surface area is 212 Å². The van der Waals surface area contributed by atoms with Crippen molar-refractivity contribution < 1.29 is 24.0 Å². The number of carbonyl (C=O) groups is 3. The Morgan fingerprint density at radius 2 is 1.97 bits per heavy atom. The third-order valence-electron chi connectivity index (χ3n) is 6.14. The van der Waals surface area contributed by atoms with Crippen molar-refractivity contribution in [1.82, 2.24) is 20.4 Å². The number of amides is 2. The van der Waals surface area contributed by atoms with Crippen molar-refractivity contribution in [2.75, 3.05) is 23.3 Å². The minimum absolute atomic E-state index is 0.00767. The monoisotopic (exact) mass is 538 g/mol. The summed E-state index contributed by atoms with van der Waals surface area (Å²) in [5, 5.41) is 19.9. The molecule has 2 aliphatic rings. The summed E-state index contributed by atoms with van der Waals surface area (Å²) in [6.45, 7) is 4.69. The molecule has 5 rings (SSSR count). The number of fused-ring (bicyclic) bond motifs is 1. The zero-order valence-corrected chi connectivity index (χ0v) is 20.8. The first-order valence-electron chi connectivity index (χ1n) is 10.7. The van der Waals surface area contributed by atoms with Gasteiger partial charge in [0.25, 0.3) is 5.91 Å². The highest BCUT2D eigenvalue weighted by Crippen LogP contribution is 2.48. The fourth-order valence-corrected chi connectivity index (χ4v) is 5.72. The van der Waals surface area contributed by atoms with Gasteiger partial charge in [0.1, 0.15) is 10.6 Å². The van der Waals surface area contributed by atoms with Gasteiger partial charge in [-0.2, -0.15) is 0 Å². The maximum absolute atomic E-state index is 12.6. The number of thiazole rings is 1. The van der Waals surface area contributed by atoms with Gasteiger partial charge < -0.3 is 24.8 Å². The van der Waals surface area contributed by atoms with E-state index in [9.17, 15) is 19.5 Å². The summed E-state index contributed by atoms with van der Waals surface area (Å²) in [6, 6.07) is 1.56. The van der Waals surface area contributed by atoms with E-state index in [4.69, 9.17) is 27.7 Å². The number of hydrogen-bond acceptors (Lipinski definition) is 8. The average Bonchev–Trinajstić information content (AvgIpc) is 3.30. The second-order valence-corrected chi connectivity index (χ2v) is 10.4. The van der Waals surface area contributed by atoms with Crippen molar-refractivity contribution in [2.24, 2.45) is 11.8 Å². The number of halogens is 2. The predicted octanol–water partition coefficient (Wildman–Crippen LogP) is 3.13. The molecule has 2 fully saturated rings. The van der Waals surface area contributed by atoms with Crippen LogP contribution in [-0.4, -0.2) is 57.1 Å². The largest absolute Gasteiger partial charge is 0.477 e.